The quantitative estimate of drug-likeness (QED) is 0.799. The Bertz CT molecular complexity index is 1040. The minimum absolute atomic E-state index is 0.0668. The van der Waals surface area contributed by atoms with E-state index < -0.39 is 60.8 Å². The molecule has 116 valence electrons. The van der Waals surface area contributed by atoms with Crippen molar-refractivity contribution in [2.45, 2.75) is 36.4 Å². The first-order valence-electron chi connectivity index (χ1n) is 11.8. The van der Waals surface area contributed by atoms with E-state index in [0.717, 1.165) is 0 Å². The van der Waals surface area contributed by atoms with Gasteiger partial charge in [0.2, 0.25) is 0 Å². The molecule has 0 radical (unpaired) electrons. The summed E-state index contributed by atoms with van der Waals surface area (Å²) in [5.41, 5.74) is -1.63. The zero-order valence-corrected chi connectivity index (χ0v) is 11.9. The molecule has 1 aromatic carbocycles. The molecular formula is C18H21NO3. The van der Waals surface area contributed by atoms with Crippen LogP contribution in [-0.2, 0) is 11.8 Å². The van der Waals surface area contributed by atoms with Gasteiger partial charge in [-0.05, 0) is 38.0 Å². The standard InChI is InChI=1S/C18H21NO3/c1-19-8-7-18-11-4-5-13(20)17(18)22-16-14(21-2)6-3-10(15(16)18)9-12(11)19/h3-6,11-13,17,20H,7-9H2,1-2H3/t11-,12+,13?,17?,18-/m0/s1/i2D3,3D,6D,9D2,12D,17D. The monoisotopic (exact) mass is 308 g/mol. The summed E-state index contributed by atoms with van der Waals surface area (Å²) in [6.07, 6.45) is -2.97. The molecule has 4 heteroatoms. The van der Waals surface area contributed by atoms with Crippen LogP contribution in [-0.4, -0.2) is 48.8 Å². The zero-order chi connectivity index (χ0) is 22.9. The first-order valence-corrected chi connectivity index (χ1v) is 7.28. The summed E-state index contributed by atoms with van der Waals surface area (Å²) in [4.78, 5) is 1.53. The number of hydrogen-bond acceptors (Lipinski definition) is 4. The zero-order valence-electron chi connectivity index (χ0n) is 20.9. The van der Waals surface area contributed by atoms with E-state index in [9.17, 15) is 6.48 Å². The highest BCUT2D eigenvalue weighted by Gasteiger charge is 2.64. The summed E-state index contributed by atoms with van der Waals surface area (Å²) in [6.45, 7) is 0.217. The smallest absolute Gasteiger partial charge is 0.165 e. The summed E-state index contributed by atoms with van der Waals surface area (Å²) in [5.74, 6) is -1.80. The average Bonchev–Trinajstić information content (AvgIpc) is 2.91. The van der Waals surface area contributed by atoms with Gasteiger partial charge in [-0.25, -0.2) is 0 Å². The highest BCUT2D eigenvalue weighted by molar-refractivity contribution is 5.62. The van der Waals surface area contributed by atoms with Crippen LogP contribution in [0.3, 0.4) is 0 Å². The number of aliphatic hydroxyl groups excluding tert-OH is 1. The fourth-order valence-corrected chi connectivity index (χ4v) is 4.31. The molecule has 2 heterocycles. The van der Waals surface area contributed by atoms with Crippen LogP contribution in [0.15, 0.2) is 24.2 Å². The summed E-state index contributed by atoms with van der Waals surface area (Å²) in [7, 11) is -1.38. The Hall–Kier alpha value is -1.52. The molecule has 4 nitrogen and oxygen atoms in total. The number of nitrogens with zero attached hydrogens (tertiary/aromatic N) is 1. The molecule has 0 saturated carbocycles. The summed E-state index contributed by atoms with van der Waals surface area (Å²) in [5, 5.41) is 10.8. The van der Waals surface area contributed by atoms with Crippen molar-refractivity contribution in [2.75, 3.05) is 20.6 Å². The number of likely N-dealkylation sites (tertiary alicyclic amines) is 1. The first-order chi connectivity index (χ1) is 14.1. The van der Waals surface area contributed by atoms with E-state index in [1.54, 1.807) is 7.05 Å². The Morgan fingerprint density at radius 3 is 3.36 bits per heavy atom. The van der Waals surface area contributed by atoms with Gasteiger partial charge in [0.15, 0.2) is 11.5 Å². The molecule has 5 atom stereocenters. The highest BCUT2D eigenvalue weighted by Crippen LogP contribution is 2.62. The van der Waals surface area contributed by atoms with E-state index in [1.807, 2.05) is 0 Å². The molecule has 22 heavy (non-hydrogen) atoms. The maximum absolute atomic E-state index is 10.8. The Morgan fingerprint density at radius 2 is 2.50 bits per heavy atom. The largest absolute Gasteiger partial charge is 0.493 e. The summed E-state index contributed by atoms with van der Waals surface area (Å²) in [6, 6.07) is -3.25. The van der Waals surface area contributed by atoms with Crippen molar-refractivity contribution < 1.29 is 26.9 Å². The van der Waals surface area contributed by atoms with Gasteiger partial charge in [-0.15, -0.1) is 0 Å². The first kappa shape index (κ1) is 6.93. The van der Waals surface area contributed by atoms with Crippen molar-refractivity contribution in [3.05, 3.63) is 35.4 Å². The third kappa shape index (κ3) is 1.28. The molecule has 1 saturated heterocycles. The van der Waals surface area contributed by atoms with Crippen molar-refractivity contribution in [1.29, 1.82) is 0 Å². The lowest BCUT2D eigenvalue weighted by atomic mass is 9.53. The summed E-state index contributed by atoms with van der Waals surface area (Å²) < 4.78 is 86.4. The van der Waals surface area contributed by atoms with E-state index in [2.05, 4.69) is 0 Å². The van der Waals surface area contributed by atoms with Crippen LogP contribution in [0.5, 0.6) is 11.5 Å². The van der Waals surface area contributed by atoms with Crippen LogP contribution in [0.2, 0.25) is 0 Å². The number of benzene rings is 1. The normalized spacial score (nSPS) is 56.5. The van der Waals surface area contributed by atoms with Crippen molar-refractivity contribution in [3.8, 4) is 11.5 Å². The SMILES string of the molecule is [2H]c1c([2H])c2c3c(c1OC([2H])([2H])[2H])OC1([2H])C(O)C=C[C@@H]4[C@@]31CCN(C)[C@]4([2H])C2([2H])[2H]. The number of methoxy groups -OCH3 is 1. The molecule has 2 bridgehead atoms. The van der Waals surface area contributed by atoms with E-state index >= 15 is 0 Å². The second kappa shape index (κ2) is 4.06. The fourth-order valence-electron chi connectivity index (χ4n) is 4.31. The van der Waals surface area contributed by atoms with Crippen LogP contribution >= 0.6 is 0 Å². The van der Waals surface area contributed by atoms with Gasteiger partial charge in [0, 0.05) is 27.0 Å². The van der Waals surface area contributed by atoms with E-state index in [1.165, 1.54) is 17.1 Å². The topological polar surface area (TPSA) is 41.9 Å². The number of aliphatic hydroxyl groups is 1. The molecule has 0 amide bonds. The maximum Gasteiger partial charge on any atom is 0.165 e. The number of likely N-dealkylation sites (N-methyl/N-ethyl adjacent to an activating group) is 1. The molecule has 0 aromatic heterocycles. The third-order valence-corrected chi connectivity index (χ3v) is 5.27. The molecule has 2 unspecified atom stereocenters. The minimum atomic E-state index is -2.98. The van der Waals surface area contributed by atoms with Gasteiger partial charge < -0.3 is 19.5 Å². The van der Waals surface area contributed by atoms with Crippen molar-refractivity contribution in [2.24, 2.45) is 5.92 Å². The molecule has 5 rings (SSSR count). The Morgan fingerprint density at radius 1 is 1.59 bits per heavy atom. The van der Waals surface area contributed by atoms with Gasteiger partial charge in [0.1, 0.15) is 12.2 Å². The van der Waals surface area contributed by atoms with Crippen LogP contribution in [0, 0.1) is 5.92 Å². The van der Waals surface area contributed by atoms with E-state index in [-0.39, 0.29) is 29.8 Å². The lowest BCUT2D eigenvalue weighted by Crippen LogP contribution is -2.64. The van der Waals surface area contributed by atoms with Gasteiger partial charge >= 0.3 is 0 Å². The Kier molecular flexibility index (Phi) is 1.28. The fraction of sp³-hybridized carbons (Fsp3) is 0.556. The van der Waals surface area contributed by atoms with Gasteiger partial charge in [-0.2, -0.15) is 0 Å². The maximum atomic E-state index is 10.8. The summed E-state index contributed by atoms with van der Waals surface area (Å²) >= 11 is 0. The van der Waals surface area contributed by atoms with E-state index in [4.69, 9.17) is 20.4 Å². The van der Waals surface area contributed by atoms with Crippen LogP contribution in [0.25, 0.3) is 0 Å². The molecule has 1 fully saturated rings. The molecule has 1 spiro atoms. The molecule has 1 N–H and O–H groups in total. The van der Waals surface area contributed by atoms with Crippen LogP contribution in [0.4, 0.5) is 0 Å². The number of rotatable bonds is 1. The molecular weight excluding hydrogens is 278 g/mol. The van der Waals surface area contributed by atoms with Crippen molar-refractivity contribution >= 4 is 0 Å². The third-order valence-electron chi connectivity index (χ3n) is 5.27. The van der Waals surface area contributed by atoms with E-state index in [0.29, 0.717) is 0 Å². The Balaban J connectivity index is 1.96. The molecule has 4 aliphatic rings. The lowest BCUT2D eigenvalue weighted by Gasteiger charge is -2.56. The second-order valence-corrected chi connectivity index (χ2v) is 6.19. The van der Waals surface area contributed by atoms with Crippen molar-refractivity contribution in [1.82, 2.24) is 4.90 Å². The van der Waals surface area contributed by atoms with Gasteiger partial charge in [0.05, 0.1) is 15.3 Å². The predicted molar refractivity (Wildman–Crippen MR) is 82.5 cm³/mol. The molecule has 1 aromatic rings. The van der Waals surface area contributed by atoms with Gasteiger partial charge in [-0.3, -0.25) is 0 Å². The lowest BCUT2D eigenvalue weighted by molar-refractivity contribution is -0.0453. The predicted octanol–water partition coefficient (Wildman–Crippen LogP) is 1.50. The number of ether oxygens (including phenoxy) is 2. The van der Waals surface area contributed by atoms with Crippen LogP contribution in [0.1, 0.15) is 29.9 Å². The average molecular weight is 308 g/mol. The van der Waals surface area contributed by atoms with Gasteiger partial charge in [-0.1, -0.05) is 18.2 Å². The second-order valence-electron chi connectivity index (χ2n) is 6.19. The Labute approximate surface area is 143 Å². The molecule has 2 aliphatic heterocycles. The number of piperidine rings is 1. The minimum Gasteiger partial charge on any atom is -0.493 e. The molecule has 2 aliphatic carbocycles. The highest BCUT2D eigenvalue weighted by atomic mass is 16.5. The number of hydrogen-bond donors (Lipinski definition) is 1. The van der Waals surface area contributed by atoms with Gasteiger partial charge in [0.25, 0.3) is 0 Å². The van der Waals surface area contributed by atoms with Crippen molar-refractivity contribution in [3.63, 3.8) is 0 Å². The van der Waals surface area contributed by atoms with Crippen LogP contribution < -0.4 is 9.47 Å².